The smallest absolute Gasteiger partial charge is 0.475 e. The van der Waals surface area contributed by atoms with Crippen LogP contribution in [0.4, 0.5) is 13.2 Å². The lowest BCUT2D eigenvalue weighted by atomic mass is 9.96. The number of aromatic nitrogens is 2. The van der Waals surface area contributed by atoms with Crippen molar-refractivity contribution in [3.05, 3.63) is 77.6 Å². The highest BCUT2D eigenvalue weighted by Crippen LogP contribution is 2.41. The van der Waals surface area contributed by atoms with Crippen LogP contribution in [0.2, 0.25) is 0 Å². The Balaban J connectivity index is 0.000000541. The number of hydrogen-bond donors (Lipinski definition) is 4. The van der Waals surface area contributed by atoms with Gasteiger partial charge in [0.25, 0.3) is 5.91 Å². The van der Waals surface area contributed by atoms with Crippen molar-refractivity contribution in [2.45, 2.75) is 50.2 Å². The lowest BCUT2D eigenvalue weighted by molar-refractivity contribution is -0.192. The van der Waals surface area contributed by atoms with Gasteiger partial charge in [-0.2, -0.15) is 18.3 Å². The summed E-state index contributed by atoms with van der Waals surface area (Å²) in [6.45, 7) is 4.63. The predicted octanol–water partition coefficient (Wildman–Crippen LogP) is 4.63. The van der Waals surface area contributed by atoms with Crippen LogP contribution in [-0.2, 0) is 18.3 Å². The molecule has 2 heterocycles. The van der Waals surface area contributed by atoms with Crippen LogP contribution in [0.5, 0.6) is 0 Å². The first kappa shape index (κ1) is 32.2. The molecule has 43 heavy (non-hydrogen) atoms. The Morgan fingerprint density at radius 1 is 1.02 bits per heavy atom. The second-order valence-corrected chi connectivity index (χ2v) is 11.2. The van der Waals surface area contributed by atoms with Crippen LogP contribution in [-0.4, -0.2) is 75.3 Å². The van der Waals surface area contributed by atoms with Gasteiger partial charge >= 0.3 is 12.1 Å². The summed E-state index contributed by atoms with van der Waals surface area (Å²) in [5, 5.41) is 24.0. The predicted molar refractivity (Wildman–Crippen MR) is 155 cm³/mol. The molecule has 12 heteroatoms. The van der Waals surface area contributed by atoms with Crippen molar-refractivity contribution < 1.29 is 33.1 Å². The maximum Gasteiger partial charge on any atom is 0.490 e. The monoisotopic (exact) mass is 601 g/mol. The van der Waals surface area contributed by atoms with Gasteiger partial charge in [0, 0.05) is 36.3 Å². The van der Waals surface area contributed by atoms with Crippen molar-refractivity contribution in [2.75, 3.05) is 26.2 Å². The number of carboxylic acid groups (broad SMARTS) is 1. The van der Waals surface area contributed by atoms with E-state index in [1.165, 1.54) is 54.6 Å². The summed E-state index contributed by atoms with van der Waals surface area (Å²) < 4.78 is 33.6. The topological polar surface area (TPSA) is 120 Å². The molecule has 0 radical (unpaired) electrons. The molecule has 1 aromatic heterocycles. The van der Waals surface area contributed by atoms with Gasteiger partial charge in [0.2, 0.25) is 0 Å². The van der Waals surface area contributed by atoms with Crippen LogP contribution in [0.15, 0.2) is 60.9 Å². The quantitative estimate of drug-likeness (QED) is 0.198. The van der Waals surface area contributed by atoms with E-state index in [9.17, 15) is 18.0 Å². The minimum Gasteiger partial charge on any atom is -0.475 e. The van der Waals surface area contributed by atoms with Gasteiger partial charge in [-0.1, -0.05) is 36.4 Å². The largest absolute Gasteiger partial charge is 0.490 e. The summed E-state index contributed by atoms with van der Waals surface area (Å²) in [5.41, 5.74) is 7.23. The summed E-state index contributed by atoms with van der Waals surface area (Å²) in [6.07, 6.45) is 4.82. The molecule has 2 fully saturated rings. The molecule has 2 aromatic carbocycles. The average Bonchev–Trinajstić information content (AvgIpc) is 3.65. The molecule has 1 amide bonds. The molecule has 1 saturated carbocycles. The highest BCUT2D eigenvalue weighted by atomic mass is 19.4. The maximum atomic E-state index is 11.4. The Labute approximate surface area is 248 Å². The second-order valence-electron chi connectivity index (χ2n) is 11.2. The maximum absolute atomic E-state index is 11.4. The highest BCUT2D eigenvalue weighted by molar-refractivity contribution is 5.93. The summed E-state index contributed by atoms with van der Waals surface area (Å²) in [6, 6.07) is 17.1. The van der Waals surface area contributed by atoms with E-state index in [4.69, 9.17) is 15.1 Å². The van der Waals surface area contributed by atoms with E-state index in [1.54, 1.807) is 17.6 Å². The summed E-state index contributed by atoms with van der Waals surface area (Å²) in [5.74, 6) is -1.79. The number of aliphatic carboxylic acids is 1. The molecule has 2 aliphatic rings. The number of hydroxylamine groups is 1. The average molecular weight is 602 g/mol. The Morgan fingerprint density at radius 2 is 1.67 bits per heavy atom. The highest BCUT2D eigenvalue weighted by Gasteiger charge is 2.39. The van der Waals surface area contributed by atoms with Crippen molar-refractivity contribution in [2.24, 2.45) is 13.0 Å². The van der Waals surface area contributed by atoms with Gasteiger partial charge in [-0.15, -0.1) is 0 Å². The fraction of sp³-hybridized carbons (Fsp3) is 0.452. The molecule has 3 aromatic rings. The number of aryl methyl sites for hydroxylation is 2. The van der Waals surface area contributed by atoms with Crippen LogP contribution >= 0.6 is 0 Å². The number of carboxylic acids is 1. The number of nitrogens with zero attached hydrogens (tertiary/aromatic N) is 3. The van der Waals surface area contributed by atoms with Gasteiger partial charge in [0.05, 0.1) is 6.20 Å². The Kier molecular flexibility index (Phi) is 10.9. The molecule has 9 nitrogen and oxygen atoms in total. The van der Waals surface area contributed by atoms with Gasteiger partial charge in [-0.05, 0) is 93.0 Å². The van der Waals surface area contributed by atoms with Crippen molar-refractivity contribution in [1.29, 1.82) is 0 Å². The number of piperidine rings is 1. The first-order chi connectivity index (χ1) is 20.5. The summed E-state index contributed by atoms with van der Waals surface area (Å²) in [7, 11) is 1.95. The first-order valence-corrected chi connectivity index (χ1v) is 14.4. The third-order valence-corrected chi connectivity index (χ3v) is 8.04. The number of likely N-dealkylation sites (tertiary alicyclic amines) is 1. The molecule has 1 saturated heterocycles. The van der Waals surface area contributed by atoms with E-state index >= 15 is 0 Å². The molecule has 0 spiro atoms. The minimum absolute atomic E-state index is 0.466. The van der Waals surface area contributed by atoms with Crippen LogP contribution in [0, 0.1) is 5.92 Å². The number of amides is 1. The Morgan fingerprint density at radius 3 is 2.23 bits per heavy atom. The van der Waals surface area contributed by atoms with E-state index in [1.807, 2.05) is 30.1 Å². The molecule has 2 atom stereocenters. The van der Waals surface area contributed by atoms with Gasteiger partial charge in [0.1, 0.15) is 0 Å². The number of carbonyl (C=O) groups is 2. The third kappa shape index (κ3) is 9.63. The number of nitrogens with one attached hydrogen (secondary N) is 2. The van der Waals surface area contributed by atoms with Crippen molar-refractivity contribution in [1.82, 2.24) is 25.5 Å². The van der Waals surface area contributed by atoms with E-state index in [-0.39, 0.29) is 0 Å². The van der Waals surface area contributed by atoms with Crippen LogP contribution in [0.1, 0.15) is 53.1 Å². The number of carbonyl (C=O) groups excluding carboxylic acids is 1. The molecule has 0 bridgehead atoms. The summed E-state index contributed by atoms with van der Waals surface area (Å²) >= 11 is 0. The third-order valence-electron chi connectivity index (χ3n) is 8.04. The number of rotatable bonds is 10. The molecule has 232 valence electrons. The number of alkyl halides is 3. The number of hydrogen-bond acceptors (Lipinski definition) is 6. The Bertz CT molecular complexity index is 1340. The van der Waals surface area contributed by atoms with Crippen LogP contribution in [0.3, 0.4) is 0 Å². The molecular weight excluding hydrogens is 563 g/mol. The fourth-order valence-electron chi connectivity index (χ4n) is 5.41. The zero-order chi connectivity index (χ0) is 31.0. The molecular formula is C31H38F3N5O4. The van der Waals surface area contributed by atoms with Crippen molar-refractivity contribution in [3.8, 4) is 11.1 Å². The molecule has 4 N–H and O–H groups in total. The molecule has 1 aliphatic carbocycles. The van der Waals surface area contributed by atoms with Crippen molar-refractivity contribution in [3.63, 3.8) is 0 Å². The SMILES string of the molecule is Cn1cc(-c2ccc(C3CC3NCC3CCN(CCCc4ccc(C(=O)NO)cc4)CC3)cc2)cn1.O=C(O)C(F)(F)F. The van der Waals surface area contributed by atoms with E-state index in [0.29, 0.717) is 17.5 Å². The van der Waals surface area contributed by atoms with E-state index in [0.717, 1.165) is 31.8 Å². The van der Waals surface area contributed by atoms with Gasteiger partial charge in [-0.3, -0.25) is 14.7 Å². The lowest BCUT2D eigenvalue weighted by Crippen LogP contribution is -2.38. The minimum atomic E-state index is -5.08. The summed E-state index contributed by atoms with van der Waals surface area (Å²) in [4.78, 5) is 22.9. The second kappa shape index (κ2) is 14.6. The Hall–Kier alpha value is -3.74. The van der Waals surface area contributed by atoms with Crippen LogP contribution < -0.4 is 10.8 Å². The van der Waals surface area contributed by atoms with E-state index in [2.05, 4.69) is 45.8 Å². The normalized spacial score (nSPS) is 18.9. The van der Waals surface area contributed by atoms with Gasteiger partial charge in [0.15, 0.2) is 0 Å². The number of halogens is 3. The lowest BCUT2D eigenvalue weighted by Gasteiger charge is -2.32. The molecule has 1 aliphatic heterocycles. The zero-order valence-corrected chi connectivity index (χ0v) is 24.1. The standard InChI is InChI=1S/C29H37N5O2.C2HF3O2/c1-33-20-26(19-31-33)23-8-10-24(11-9-23)27-17-28(27)30-18-22-12-15-34(16-13-22)14-2-3-21-4-6-25(7-5-21)29(35)32-36;3-2(4,5)1(6)7/h4-11,19-20,22,27-28,30,36H,2-3,12-18H2,1H3,(H,32,35);(H,6,7). The molecule has 2 unspecified atom stereocenters. The number of benzene rings is 2. The van der Waals surface area contributed by atoms with E-state index < -0.39 is 18.1 Å². The van der Waals surface area contributed by atoms with Gasteiger partial charge in [-0.25, -0.2) is 10.3 Å². The van der Waals surface area contributed by atoms with Crippen molar-refractivity contribution >= 4 is 11.9 Å². The fourth-order valence-corrected chi connectivity index (χ4v) is 5.41. The first-order valence-electron chi connectivity index (χ1n) is 14.4. The molecule has 5 rings (SSSR count). The van der Waals surface area contributed by atoms with Crippen LogP contribution in [0.25, 0.3) is 11.1 Å². The zero-order valence-electron chi connectivity index (χ0n) is 24.1. The van der Waals surface area contributed by atoms with Gasteiger partial charge < -0.3 is 15.3 Å².